The number of rotatable bonds is 3. The third-order valence-corrected chi connectivity index (χ3v) is 7.01. The van der Waals surface area contributed by atoms with Crippen molar-refractivity contribution in [2.75, 3.05) is 13.1 Å². The van der Waals surface area contributed by atoms with Gasteiger partial charge in [0.05, 0.1) is 5.01 Å². The van der Waals surface area contributed by atoms with Crippen LogP contribution in [0.5, 0.6) is 0 Å². The second-order valence-electron chi connectivity index (χ2n) is 5.49. The first-order chi connectivity index (χ1) is 10.0. The molecule has 1 aliphatic rings. The lowest BCUT2D eigenvalue weighted by Gasteiger charge is -2.37. The Labute approximate surface area is 128 Å². The van der Waals surface area contributed by atoms with Gasteiger partial charge in [0.15, 0.2) is 0 Å². The average Bonchev–Trinajstić information content (AvgIpc) is 3.04. The highest BCUT2D eigenvalue weighted by Gasteiger charge is 2.38. The van der Waals surface area contributed by atoms with Crippen LogP contribution in [0, 0.1) is 0 Å². The predicted octanol–water partition coefficient (Wildman–Crippen LogP) is 2.28. The summed E-state index contributed by atoms with van der Waals surface area (Å²) in [7, 11) is -3.43. The van der Waals surface area contributed by atoms with Crippen LogP contribution >= 0.6 is 11.3 Å². The summed E-state index contributed by atoms with van der Waals surface area (Å²) in [4.78, 5) is 8.57. The van der Waals surface area contributed by atoms with Gasteiger partial charge in [-0.25, -0.2) is 13.4 Å². The first-order valence-corrected chi connectivity index (χ1v) is 9.14. The van der Waals surface area contributed by atoms with Crippen molar-refractivity contribution < 1.29 is 8.42 Å². The molecule has 0 radical (unpaired) electrons. The van der Waals surface area contributed by atoms with Crippen LogP contribution in [0.3, 0.4) is 0 Å². The second kappa shape index (κ2) is 5.47. The van der Waals surface area contributed by atoms with E-state index < -0.39 is 10.0 Å². The molecule has 1 saturated heterocycles. The number of hydrogen-bond donors (Lipinski definition) is 0. The van der Waals surface area contributed by atoms with E-state index in [1.54, 1.807) is 34.0 Å². The predicted molar refractivity (Wildman–Crippen MR) is 81.7 cm³/mol. The van der Waals surface area contributed by atoms with Crippen LogP contribution in [0.15, 0.2) is 41.0 Å². The Morgan fingerprint density at radius 1 is 1.29 bits per heavy atom. The third kappa shape index (κ3) is 2.73. The number of pyridine rings is 1. The van der Waals surface area contributed by atoms with Crippen molar-refractivity contribution in [2.45, 2.75) is 30.1 Å². The lowest BCUT2D eigenvalue weighted by molar-refractivity contribution is 0.248. The number of nitrogens with zero attached hydrogens (tertiary/aromatic N) is 3. The third-order valence-electron chi connectivity index (χ3n) is 4.05. The summed E-state index contributed by atoms with van der Waals surface area (Å²) in [6.45, 7) is 3.21. The van der Waals surface area contributed by atoms with Gasteiger partial charge in [-0.3, -0.25) is 4.98 Å². The number of sulfonamides is 1. The summed E-state index contributed by atoms with van der Waals surface area (Å²) in [5.74, 6) is 0. The van der Waals surface area contributed by atoms with E-state index in [-0.39, 0.29) is 10.3 Å². The zero-order valence-corrected chi connectivity index (χ0v) is 13.4. The molecule has 3 heterocycles. The monoisotopic (exact) mass is 323 g/mol. The SMILES string of the molecule is CC1(c2nccs2)CCN(S(=O)(=O)c2cccnc2)CC1. The Hall–Kier alpha value is -1.31. The van der Waals surface area contributed by atoms with Gasteiger partial charge in [-0.1, -0.05) is 6.92 Å². The topological polar surface area (TPSA) is 63.2 Å². The molecule has 7 heteroatoms. The number of piperidine rings is 1. The van der Waals surface area contributed by atoms with E-state index in [0.29, 0.717) is 13.1 Å². The maximum absolute atomic E-state index is 12.6. The Kier molecular flexibility index (Phi) is 3.81. The molecule has 0 bridgehead atoms. The van der Waals surface area contributed by atoms with E-state index in [1.165, 1.54) is 6.20 Å². The molecule has 21 heavy (non-hydrogen) atoms. The van der Waals surface area contributed by atoms with Crippen molar-refractivity contribution in [3.8, 4) is 0 Å². The summed E-state index contributed by atoms with van der Waals surface area (Å²) in [5, 5.41) is 3.07. The van der Waals surface area contributed by atoms with Crippen molar-refractivity contribution in [2.24, 2.45) is 0 Å². The largest absolute Gasteiger partial charge is 0.263 e. The van der Waals surface area contributed by atoms with Crippen molar-refractivity contribution in [1.29, 1.82) is 0 Å². The van der Waals surface area contributed by atoms with E-state index >= 15 is 0 Å². The van der Waals surface area contributed by atoms with Crippen molar-refractivity contribution in [3.63, 3.8) is 0 Å². The highest BCUT2D eigenvalue weighted by Crippen LogP contribution is 2.37. The molecule has 0 atom stereocenters. The van der Waals surface area contributed by atoms with E-state index in [2.05, 4.69) is 16.9 Å². The zero-order valence-electron chi connectivity index (χ0n) is 11.8. The molecule has 0 aliphatic carbocycles. The van der Waals surface area contributed by atoms with Gasteiger partial charge in [-0.05, 0) is 25.0 Å². The van der Waals surface area contributed by atoms with Crippen LogP contribution in [-0.2, 0) is 15.4 Å². The van der Waals surface area contributed by atoms with Crippen molar-refractivity contribution in [3.05, 3.63) is 41.1 Å². The summed E-state index contributed by atoms with van der Waals surface area (Å²) in [6, 6.07) is 3.24. The zero-order chi connectivity index (χ0) is 14.9. The van der Waals surface area contributed by atoms with Crippen LogP contribution in [0.4, 0.5) is 0 Å². The Balaban J connectivity index is 1.77. The molecule has 0 N–H and O–H groups in total. The second-order valence-corrected chi connectivity index (χ2v) is 8.32. The Morgan fingerprint density at radius 3 is 2.62 bits per heavy atom. The van der Waals surface area contributed by atoms with E-state index in [1.807, 2.05) is 11.6 Å². The van der Waals surface area contributed by atoms with Crippen LogP contribution in [0.25, 0.3) is 0 Å². The van der Waals surface area contributed by atoms with E-state index in [9.17, 15) is 8.42 Å². The van der Waals surface area contributed by atoms with Gasteiger partial charge < -0.3 is 0 Å². The molecule has 1 fully saturated rings. The van der Waals surface area contributed by atoms with Crippen LogP contribution in [-0.4, -0.2) is 35.8 Å². The molecule has 5 nitrogen and oxygen atoms in total. The van der Waals surface area contributed by atoms with Gasteiger partial charge in [0.1, 0.15) is 4.90 Å². The average molecular weight is 323 g/mol. The number of thiazole rings is 1. The fourth-order valence-corrected chi connectivity index (χ4v) is 4.87. The maximum Gasteiger partial charge on any atom is 0.244 e. The molecular weight excluding hydrogens is 306 g/mol. The summed E-state index contributed by atoms with van der Waals surface area (Å²) < 4.78 is 26.7. The highest BCUT2D eigenvalue weighted by molar-refractivity contribution is 7.89. The minimum Gasteiger partial charge on any atom is -0.263 e. The summed E-state index contributed by atoms with van der Waals surface area (Å²) in [6.07, 6.45) is 6.38. The van der Waals surface area contributed by atoms with Gasteiger partial charge in [-0.2, -0.15) is 4.31 Å². The molecule has 0 aromatic carbocycles. The van der Waals surface area contributed by atoms with Crippen molar-refractivity contribution >= 4 is 21.4 Å². The Bertz CT molecular complexity index is 691. The van der Waals surface area contributed by atoms with Gasteiger partial charge in [0.25, 0.3) is 0 Å². The molecule has 2 aromatic heterocycles. The molecule has 0 amide bonds. The normalized spacial score (nSPS) is 19.5. The smallest absolute Gasteiger partial charge is 0.244 e. The van der Waals surface area contributed by atoms with Gasteiger partial charge >= 0.3 is 0 Å². The fraction of sp³-hybridized carbons (Fsp3) is 0.429. The first-order valence-electron chi connectivity index (χ1n) is 6.82. The molecule has 0 saturated carbocycles. The quantitative estimate of drug-likeness (QED) is 0.869. The standard InChI is InChI=1S/C14H17N3O2S2/c1-14(13-16-7-10-20-13)4-8-17(9-5-14)21(18,19)12-3-2-6-15-11-12/h2-3,6-7,10-11H,4-5,8-9H2,1H3. The maximum atomic E-state index is 12.6. The molecular formula is C14H17N3O2S2. The lowest BCUT2D eigenvalue weighted by atomic mass is 9.82. The van der Waals surface area contributed by atoms with Crippen LogP contribution in [0.2, 0.25) is 0 Å². The summed E-state index contributed by atoms with van der Waals surface area (Å²) in [5.41, 5.74) is -0.0187. The fourth-order valence-electron chi connectivity index (χ4n) is 2.60. The van der Waals surface area contributed by atoms with Crippen molar-refractivity contribution in [1.82, 2.24) is 14.3 Å². The van der Waals surface area contributed by atoms with Gasteiger partial charge in [-0.15, -0.1) is 11.3 Å². The van der Waals surface area contributed by atoms with Gasteiger partial charge in [0.2, 0.25) is 10.0 Å². The van der Waals surface area contributed by atoms with Crippen LogP contribution < -0.4 is 0 Å². The molecule has 112 valence electrons. The van der Waals surface area contributed by atoms with E-state index in [0.717, 1.165) is 17.8 Å². The number of hydrogen-bond acceptors (Lipinski definition) is 5. The minimum absolute atomic E-state index is 0.0187. The lowest BCUT2D eigenvalue weighted by Crippen LogP contribution is -2.43. The van der Waals surface area contributed by atoms with Crippen LogP contribution in [0.1, 0.15) is 24.8 Å². The Morgan fingerprint density at radius 2 is 2.05 bits per heavy atom. The van der Waals surface area contributed by atoms with E-state index in [4.69, 9.17) is 0 Å². The minimum atomic E-state index is -3.43. The highest BCUT2D eigenvalue weighted by atomic mass is 32.2. The summed E-state index contributed by atoms with van der Waals surface area (Å²) >= 11 is 1.64. The number of aromatic nitrogens is 2. The molecule has 0 unspecified atom stereocenters. The first kappa shape index (κ1) is 14.6. The van der Waals surface area contributed by atoms with Gasteiger partial charge in [0, 0.05) is 42.5 Å². The molecule has 1 aliphatic heterocycles. The molecule has 2 aromatic rings. The molecule has 0 spiro atoms. The molecule has 3 rings (SSSR count).